The van der Waals surface area contributed by atoms with E-state index in [-0.39, 0.29) is 18.2 Å². The topological polar surface area (TPSA) is 62.3 Å². The highest BCUT2D eigenvalue weighted by Gasteiger charge is 2.30. The van der Waals surface area contributed by atoms with Crippen LogP contribution in [0, 0.1) is 0 Å². The van der Waals surface area contributed by atoms with Crippen LogP contribution in [0.2, 0.25) is 0 Å². The number of carbonyl (C=O) groups is 2. The minimum absolute atomic E-state index is 0.165. The Balaban J connectivity index is 1.39. The fourth-order valence-corrected chi connectivity index (χ4v) is 5.12. The summed E-state index contributed by atoms with van der Waals surface area (Å²) in [5.74, 6) is -0.534. The fraction of sp³-hybridized carbons (Fsp3) is 0.130. The van der Waals surface area contributed by atoms with Gasteiger partial charge in [-0.05, 0) is 35.4 Å². The Morgan fingerprint density at radius 3 is 2.59 bits per heavy atom. The number of thiocarbonyl (C=S) groups is 1. The summed E-state index contributed by atoms with van der Waals surface area (Å²) in [6, 6.07) is 11.8. The Labute approximate surface area is 206 Å². The zero-order valence-electron chi connectivity index (χ0n) is 17.6. The standard InChI is InChI=1S/C23H16F3N3O2S3/c1-29-20(31)18(34-22(29)32)11-13-5-7-15(8-6-13)19(30)28-21-27-12-17(33-21)10-14-3-2-4-16(9-14)23(24,25)26/h2-9,11-12H,10H2,1H3,(H,27,28,30)/b18-11-. The number of likely N-dealkylation sites (N-methyl/N-ethyl adjacent to an activating group) is 1. The maximum absolute atomic E-state index is 12.9. The molecule has 1 fully saturated rings. The molecular weight excluding hydrogens is 503 g/mol. The maximum atomic E-state index is 12.9. The first kappa shape index (κ1) is 24.1. The molecule has 2 amide bonds. The molecule has 3 aromatic rings. The number of amides is 2. The van der Waals surface area contributed by atoms with Crippen LogP contribution in [0.15, 0.2) is 59.6 Å². The number of hydrogen-bond acceptors (Lipinski definition) is 6. The molecule has 11 heteroatoms. The molecule has 0 radical (unpaired) electrons. The van der Waals surface area contributed by atoms with E-state index in [0.717, 1.165) is 22.6 Å². The molecule has 1 N–H and O–H groups in total. The van der Waals surface area contributed by atoms with Crippen molar-refractivity contribution >= 4 is 62.7 Å². The molecular formula is C23H16F3N3O2S3. The van der Waals surface area contributed by atoms with Crippen LogP contribution in [0.3, 0.4) is 0 Å². The molecule has 2 heterocycles. The van der Waals surface area contributed by atoms with Crippen LogP contribution in [0.25, 0.3) is 6.08 Å². The highest BCUT2D eigenvalue weighted by atomic mass is 32.2. The van der Waals surface area contributed by atoms with E-state index in [1.165, 1.54) is 40.3 Å². The van der Waals surface area contributed by atoms with Crippen molar-refractivity contribution in [2.24, 2.45) is 0 Å². The Morgan fingerprint density at radius 2 is 1.94 bits per heavy atom. The molecule has 0 bridgehead atoms. The number of carbonyl (C=O) groups excluding carboxylic acids is 2. The molecule has 1 aliphatic heterocycles. The van der Waals surface area contributed by atoms with Gasteiger partial charge >= 0.3 is 6.18 Å². The third-order valence-electron chi connectivity index (χ3n) is 4.86. The summed E-state index contributed by atoms with van der Waals surface area (Å²) in [5.41, 5.74) is 0.956. The average Bonchev–Trinajstić information content (AvgIpc) is 3.33. The predicted molar refractivity (Wildman–Crippen MR) is 132 cm³/mol. The molecule has 5 nitrogen and oxygen atoms in total. The number of thioether (sulfide) groups is 1. The van der Waals surface area contributed by atoms with E-state index in [4.69, 9.17) is 12.2 Å². The van der Waals surface area contributed by atoms with Gasteiger partial charge in [-0.3, -0.25) is 19.8 Å². The summed E-state index contributed by atoms with van der Waals surface area (Å²) < 4.78 is 39.2. The van der Waals surface area contributed by atoms with Gasteiger partial charge in [-0.1, -0.05) is 54.3 Å². The van der Waals surface area contributed by atoms with Crippen LogP contribution in [-0.2, 0) is 17.4 Å². The lowest BCUT2D eigenvalue weighted by atomic mass is 10.1. The summed E-state index contributed by atoms with van der Waals surface area (Å²) in [6.45, 7) is 0. The Kier molecular flexibility index (Phi) is 6.87. The van der Waals surface area contributed by atoms with Crippen molar-refractivity contribution in [3.8, 4) is 0 Å². The molecule has 0 saturated carbocycles. The monoisotopic (exact) mass is 519 g/mol. The summed E-state index contributed by atoms with van der Waals surface area (Å²) >= 11 is 7.53. The average molecular weight is 520 g/mol. The second-order valence-corrected chi connectivity index (χ2v) is 10.1. The number of nitrogens with one attached hydrogen (secondary N) is 1. The lowest BCUT2D eigenvalue weighted by Gasteiger charge is -2.07. The van der Waals surface area contributed by atoms with Crippen molar-refractivity contribution in [3.05, 3.63) is 86.8 Å². The Bertz CT molecular complexity index is 1300. The molecule has 1 saturated heterocycles. The zero-order valence-corrected chi connectivity index (χ0v) is 20.0. The van der Waals surface area contributed by atoms with Crippen LogP contribution >= 0.6 is 35.3 Å². The van der Waals surface area contributed by atoms with Gasteiger partial charge in [0.25, 0.3) is 11.8 Å². The number of rotatable bonds is 5. The van der Waals surface area contributed by atoms with Crippen molar-refractivity contribution < 1.29 is 22.8 Å². The van der Waals surface area contributed by atoms with Crippen molar-refractivity contribution in [3.63, 3.8) is 0 Å². The van der Waals surface area contributed by atoms with E-state index < -0.39 is 11.7 Å². The SMILES string of the molecule is CN1C(=O)/C(=C/c2ccc(C(=O)Nc3ncc(Cc4cccc(C(F)(F)F)c4)s3)cc2)SC1=S. The number of benzene rings is 2. The van der Waals surface area contributed by atoms with Crippen LogP contribution in [-0.4, -0.2) is 33.1 Å². The van der Waals surface area contributed by atoms with Crippen molar-refractivity contribution in [1.29, 1.82) is 0 Å². The molecule has 174 valence electrons. The van der Waals surface area contributed by atoms with Gasteiger partial charge in [0, 0.05) is 30.1 Å². The fourth-order valence-electron chi connectivity index (χ4n) is 3.10. The van der Waals surface area contributed by atoms with E-state index in [1.807, 2.05) is 0 Å². The number of nitrogens with zero attached hydrogens (tertiary/aromatic N) is 2. The molecule has 0 aliphatic carbocycles. The number of anilines is 1. The Hall–Kier alpha value is -3.02. The first-order chi connectivity index (χ1) is 16.1. The van der Waals surface area contributed by atoms with Gasteiger partial charge in [0.15, 0.2) is 5.13 Å². The first-order valence-corrected chi connectivity index (χ1v) is 11.9. The van der Waals surface area contributed by atoms with E-state index in [0.29, 0.717) is 25.5 Å². The number of thiazole rings is 1. The first-order valence-electron chi connectivity index (χ1n) is 9.84. The van der Waals surface area contributed by atoms with Crippen molar-refractivity contribution in [1.82, 2.24) is 9.88 Å². The van der Waals surface area contributed by atoms with Crippen LogP contribution < -0.4 is 5.32 Å². The zero-order chi connectivity index (χ0) is 24.5. The molecule has 4 rings (SSSR count). The van der Waals surface area contributed by atoms with E-state index in [9.17, 15) is 22.8 Å². The van der Waals surface area contributed by atoms with Gasteiger partial charge in [0.2, 0.25) is 0 Å². The highest BCUT2D eigenvalue weighted by molar-refractivity contribution is 8.26. The van der Waals surface area contributed by atoms with E-state index in [1.54, 1.807) is 43.5 Å². The summed E-state index contributed by atoms with van der Waals surface area (Å²) in [4.78, 5) is 31.5. The van der Waals surface area contributed by atoms with Crippen LogP contribution in [0.5, 0.6) is 0 Å². The number of halogens is 3. The minimum Gasteiger partial charge on any atom is -0.298 e. The number of hydrogen-bond donors (Lipinski definition) is 1. The Morgan fingerprint density at radius 1 is 1.21 bits per heavy atom. The summed E-state index contributed by atoms with van der Waals surface area (Å²) in [5, 5.41) is 3.05. The molecule has 0 atom stereocenters. The second-order valence-electron chi connectivity index (χ2n) is 7.32. The van der Waals surface area contributed by atoms with Gasteiger partial charge in [0.1, 0.15) is 4.32 Å². The number of aromatic nitrogens is 1. The van der Waals surface area contributed by atoms with Gasteiger partial charge in [0.05, 0.1) is 10.5 Å². The molecule has 0 unspecified atom stereocenters. The molecule has 0 spiro atoms. The predicted octanol–water partition coefficient (Wildman–Crippen LogP) is 5.84. The van der Waals surface area contributed by atoms with Gasteiger partial charge in [-0.2, -0.15) is 13.2 Å². The largest absolute Gasteiger partial charge is 0.416 e. The maximum Gasteiger partial charge on any atom is 0.416 e. The summed E-state index contributed by atoms with van der Waals surface area (Å²) in [6.07, 6.45) is -0.876. The minimum atomic E-state index is -4.40. The second kappa shape index (κ2) is 9.69. The molecule has 34 heavy (non-hydrogen) atoms. The smallest absolute Gasteiger partial charge is 0.298 e. The third-order valence-corrected chi connectivity index (χ3v) is 7.26. The van der Waals surface area contributed by atoms with Crippen molar-refractivity contribution in [2.45, 2.75) is 12.6 Å². The number of alkyl halides is 3. The van der Waals surface area contributed by atoms with Crippen LogP contribution in [0.1, 0.15) is 31.9 Å². The van der Waals surface area contributed by atoms with Gasteiger partial charge < -0.3 is 0 Å². The third kappa shape index (κ3) is 5.54. The van der Waals surface area contributed by atoms with Gasteiger partial charge in [-0.15, -0.1) is 11.3 Å². The van der Waals surface area contributed by atoms with Gasteiger partial charge in [-0.25, -0.2) is 4.98 Å². The van der Waals surface area contributed by atoms with Crippen molar-refractivity contribution in [2.75, 3.05) is 12.4 Å². The molecule has 2 aromatic carbocycles. The molecule has 1 aromatic heterocycles. The lowest BCUT2D eigenvalue weighted by molar-refractivity contribution is -0.137. The quantitative estimate of drug-likeness (QED) is 0.339. The molecule has 1 aliphatic rings. The lowest BCUT2D eigenvalue weighted by Crippen LogP contribution is -2.22. The van der Waals surface area contributed by atoms with E-state index in [2.05, 4.69) is 10.3 Å². The normalized spacial score (nSPS) is 15.3. The summed E-state index contributed by atoms with van der Waals surface area (Å²) in [7, 11) is 1.62. The van der Waals surface area contributed by atoms with Crippen LogP contribution in [0.4, 0.5) is 18.3 Å². The highest BCUT2D eigenvalue weighted by Crippen LogP contribution is 2.32. The van der Waals surface area contributed by atoms with E-state index >= 15 is 0 Å².